The van der Waals surface area contributed by atoms with E-state index in [2.05, 4.69) is 19.8 Å². The molecule has 1 fully saturated rings. The molecule has 0 saturated carbocycles. The van der Waals surface area contributed by atoms with Crippen LogP contribution in [0.2, 0.25) is 5.15 Å². The molecule has 1 N–H and O–H groups in total. The van der Waals surface area contributed by atoms with Gasteiger partial charge in [0, 0.05) is 32.3 Å². The number of aliphatic hydroxyl groups excluding tert-OH is 1. The van der Waals surface area contributed by atoms with E-state index in [0.717, 1.165) is 18.8 Å². The van der Waals surface area contributed by atoms with Crippen LogP contribution in [-0.2, 0) is 11.3 Å². The summed E-state index contributed by atoms with van der Waals surface area (Å²) in [5.74, 6) is 1.31. The maximum Gasteiger partial charge on any atom is 0.158 e. The third-order valence-electron chi connectivity index (χ3n) is 3.26. The van der Waals surface area contributed by atoms with Crippen molar-refractivity contribution in [3.05, 3.63) is 17.0 Å². The van der Waals surface area contributed by atoms with Gasteiger partial charge < -0.3 is 19.6 Å². The van der Waals surface area contributed by atoms with Crippen molar-refractivity contribution in [2.45, 2.75) is 25.2 Å². The third kappa shape index (κ3) is 3.79. The Morgan fingerprint density at radius 3 is 2.90 bits per heavy atom. The van der Waals surface area contributed by atoms with Crippen LogP contribution < -0.4 is 4.90 Å². The van der Waals surface area contributed by atoms with Gasteiger partial charge in [-0.25, -0.2) is 9.97 Å². The van der Waals surface area contributed by atoms with Crippen LogP contribution in [0.5, 0.6) is 0 Å². The average molecular weight is 301 g/mol. The van der Waals surface area contributed by atoms with E-state index in [9.17, 15) is 5.11 Å². The minimum absolute atomic E-state index is 0.223. The lowest BCUT2D eigenvalue weighted by atomic mass is 10.2. The van der Waals surface area contributed by atoms with Crippen LogP contribution in [0.15, 0.2) is 6.07 Å². The Morgan fingerprint density at radius 1 is 1.50 bits per heavy atom. The van der Waals surface area contributed by atoms with Crippen molar-refractivity contribution in [3.63, 3.8) is 0 Å². The van der Waals surface area contributed by atoms with Gasteiger partial charge in [0.05, 0.1) is 6.10 Å². The molecule has 20 heavy (non-hydrogen) atoms. The van der Waals surface area contributed by atoms with Gasteiger partial charge in [0.25, 0.3) is 0 Å². The quantitative estimate of drug-likeness (QED) is 0.811. The van der Waals surface area contributed by atoms with Gasteiger partial charge in [0.1, 0.15) is 17.6 Å². The molecule has 0 amide bonds. The van der Waals surface area contributed by atoms with E-state index in [-0.39, 0.29) is 12.1 Å². The molecule has 1 aliphatic rings. The SMILES string of the molecule is COCc1nc(Cl)cc(N2CC(O)CC2CN(C)C)n1. The highest BCUT2D eigenvalue weighted by Crippen LogP contribution is 2.26. The second-order valence-corrected chi connectivity index (χ2v) is 5.74. The molecule has 0 radical (unpaired) electrons. The van der Waals surface area contributed by atoms with Gasteiger partial charge in [0.2, 0.25) is 0 Å². The van der Waals surface area contributed by atoms with E-state index in [1.54, 1.807) is 13.2 Å². The number of hydrogen-bond acceptors (Lipinski definition) is 6. The summed E-state index contributed by atoms with van der Waals surface area (Å²) in [6, 6.07) is 1.96. The van der Waals surface area contributed by atoms with Crippen molar-refractivity contribution in [3.8, 4) is 0 Å². The Balaban J connectivity index is 2.23. The normalized spacial score (nSPS) is 22.8. The molecule has 1 aromatic rings. The van der Waals surface area contributed by atoms with E-state index >= 15 is 0 Å². The van der Waals surface area contributed by atoms with E-state index in [0.29, 0.717) is 24.1 Å². The number of aliphatic hydroxyl groups is 1. The predicted molar refractivity (Wildman–Crippen MR) is 78.1 cm³/mol. The Bertz CT molecular complexity index is 458. The van der Waals surface area contributed by atoms with Gasteiger partial charge in [-0.1, -0.05) is 11.6 Å². The largest absolute Gasteiger partial charge is 0.391 e. The molecule has 6 nitrogen and oxygen atoms in total. The number of ether oxygens (including phenoxy) is 1. The fraction of sp³-hybridized carbons (Fsp3) is 0.692. The summed E-state index contributed by atoms with van der Waals surface area (Å²) in [6.07, 6.45) is 0.402. The van der Waals surface area contributed by atoms with Crippen LogP contribution in [-0.4, -0.2) is 66.4 Å². The molecule has 0 bridgehead atoms. The summed E-state index contributed by atoms with van der Waals surface area (Å²) in [4.78, 5) is 12.8. The summed E-state index contributed by atoms with van der Waals surface area (Å²) in [5.41, 5.74) is 0. The van der Waals surface area contributed by atoms with E-state index in [1.165, 1.54) is 0 Å². The first kappa shape index (κ1) is 15.4. The molecule has 7 heteroatoms. The smallest absolute Gasteiger partial charge is 0.158 e. The summed E-state index contributed by atoms with van der Waals surface area (Å²) in [6.45, 7) is 1.75. The number of likely N-dealkylation sites (N-methyl/N-ethyl adjacent to an activating group) is 1. The molecule has 0 spiro atoms. The molecule has 1 aliphatic heterocycles. The van der Waals surface area contributed by atoms with Crippen molar-refractivity contribution in [2.75, 3.05) is 39.2 Å². The van der Waals surface area contributed by atoms with Crippen molar-refractivity contribution < 1.29 is 9.84 Å². The number of methoxy groups -OCH3 is 1. The van der Waals surface area contributed by atoms with Crippen molar-refractivity contribution in [1.82, 2.24) is 14.9 Å². The zero-order valence-electron chi connectivity index (χ0n) is 12.1. The molecule has 0 aliphatic carbocycles. The predicted octanol–water partition coefficient (Wildman–Crippen LogP) is 0.778. The topological polar surface area (TPSA) is 61.7 Å². The van der Waals surface area contributed by atoms with Crippen LogP contribution in [0.1, 0.15) is 12.2 Å². The minimum Gasteiger partial charge on any atom is -0.391 e. The second kappa shape index (κ2) is 6.67. The number of aromatic nitrogens is 2. The Morgan fingerprint density at radius 2 is 2.25 bits per heavy atom. The molecule has 2 atom stereocenters. The number of nitrogens with zero attached hydrogens (tertiary/aromatic N) is 4. The van der Waals surface area contributed by atoms with E-state index < -0.39 is 0 Å². The lowest BCUT2D eigenvalue weighted by molar-refractivity contribution is 0.178. The first-order chi connectivity index (χ1) is 9.49. The minimum atomic E-state index is -0.334. The van der Waals surface area contributed by atoms with Crippen molar-refractivity contribution in [2.24, 2.45) is 0 Å². The zero-order valence-corrected chi connectivity index (χ0v) is 12.8. The monoisotopic (exact) mass is 300 g/mol. The molecule has 2 rings (SSSR count). The highest BCUT2D eigenvalue weighted by Gasteiger charge is 2.32. The highest BCUT2D eigenvalue weighted by atomic mass is 35.5. The van der Waals surface area contributed by atoms with Crippen LogP contribution in [0, 0.1) is 0 Å². The molecular weight excluding hydrogens is 280 g/mol. The van der Waals surface area contributed by atoms with Crippen LogP contribution >= 0.6 is 11.6 Å². The lowest BCUT2D eigenvalue weighted by Gasteiger charge is -2.28. The molecule has 1 aromatic heterocycles. The molecule has 0 aromatic carbocycles. The Labute approximate surface area is 124 Å². The fourth-order valence-corrected chi connectivity index (χ4v) is 2.75. The van der Waals surface area contributed by atoms with Gasteiger partial charge >= 0.3 is 0 Å². The molecule has 2 unspecified atom stereocenters. The maximum absolute atomic E-state index is 9.92. The Kier molecular flexibility index (Phi) is 5.15. The van der Waals surface area contributed by atoms with Gasteiger partial charge in [-0.15, -0.1) is 0 Å². The van der Waals surface area contributed by atoms with Crippen molar-refractivity contribution >= 4 is 17.4 Å². The van der Waals surface area contributed by atoms with Crippen molar-refractivity contribution in [1.29, 1.82) is 0 Å². The fourth-order valence-electron chi connectivity index (χ4n) is 2.56. The van der Waals surface area contributed by atoms with Gasteiger partial charge in [-0.2, -0.15) is 0 Å². The molecule has 2 heterocycles. The summed E-state index contributed by atoms with van der Waals surface area (Å²) >= 11 is 6.05. The summed E-state index contributed by atoms with van der Waals surface area (Å²) in [7, 11) is 5.64. The molecule has 1 saturated heterocycles. The summed E-state index contributed by atoms with van der Waals surface area (Å²) < 4.78 is 5.05. The first-order valence-electron chi connectivity index (χ1n) is 6.61. The summed E-state index contributed by atoms with van der Waals surface area (Å²) in [5, 5.41) is 10.3. The van der Waals surface area contributed by atoms with Gasteiger partial charge in [-0.3, -0.25) is 0 Å². The first-order valence-corrected chi connectivity index (χ1v) is 6.99. The van der Waals surface area contributed by atoms with E-state index in [4.69, 9.17) is 16.3 Å². The third-order valence-corrected chi connectivity index (χ3v) is 3.46. The van der Waals surface area contributed by atoms with Crippen LogP contribution in [0.25, 0.3) is 0 Å². The standard InChI is InChI=1S/C13H21ClN4O2/c1-17(2)6-9-4-10(19)7-18(9)13-5-11(14)15-12(16-13)8-20-3/h5,9-10,19H,4,6-8H2,1-3H3. The molecule has 112 valence electrons. The van der Waals surface area contributed by atoms with Gasteiger partial charge in [-0.05, 0) is 20.5 Å². The number of anilines is 1. The number of halogens is 1. The maximum atomic E-state index is 9.92. The number of hydrogen-bond donors (Lipinski definition) is 1. The number of rotatable bonds is 5. The van der Waals surface area contributed by atoms with Crippen LogP contribution in [0.4, 0.5) is 5.82 Å². The van der Waals surface area contributed by atoms with Crippen LogP contribution in [0.3, 0.4) is 0 Å². The Hall–Kier alpha value is -0.950. The second-order valence-electron chi connectivity index (χ2n) is 5.36. The van der Waals surface area contributed by atoms with Gasteiger partial charge in [0.15, 0.2) is 5.82 Å². The molecular formula is C13H21ClN4O2. The van der Waals surface area contributed by atoms with E-state index in [1.807, 2.05) is 14.1 Å². The number of β-amino-alcohol motifs (C(OH)–C–C–N with tert-alkyl or cyclic N) is 1. The average Bonchev–Trinajstić information content (AvgIpc) is 2.69. The lowest BCUT2D eigenvalue weighted by Crippen LogP contribution is -2.38. The zero-order chi connectivity index (χ0) is 14.7. The highest BCUT2D eigenvalue weighted by molar-refractivity contribution is 6.29.